The summed E-state index contributed by atoms with van der Waals surface area (Å²) < 4.78 is 0. The zero-order valence-corrected chi connectivity index (χ0v) is 15.8. The number of hydrogen-bond acceptors (Lipinski definition) is 7. The maximum atomic E-state index is 4.75. The van der Waals surface area contributed by atoms with Gasteiger partial charge >= 0.3 is 0 Å². The van der Waals surface area contributed by atoms with E-state index in [0.717, 1.165) is 56.2 Å². The maximum Gasteiger partial charge on any atom is 0.162 e. The van der Waals surface area contributed by atoms with E-state index in [9.17, 15) is 0 Å². The van der Waals surface area contributed by atoms with Crippen LogP contribution in [0.25, 0.3) is 11.4 Å². The molecule has 0 radical (unpaired) electrons. The predicted molar refractivity (Wildman–Crippen MR) is 107 cm³/mol. The normalized spacial score (nSPS) is 16.9. The van der Waals surface area contributed by atoms with Gasteiger partial charge in [-0.3, -0.25) is 4.90 Å². The summed E-state index contributed by atoms with van der Waals surface area (Å²) in [5.74, 6) is 1.81. The van der Waals surface area contributed by atoms with Crippen molar-refractivity contribution in [3.05, 3.63) is 60.1 Å². The summed E-state index contributed by atoms with van der Waals surface area (Å²) in [4.78, 5) is 26.9. The summed E-state index contributed by atoms with van der Waals surface area (Å²) in [5.41, 5.74) is 4.45. The molecule has 3 aromatic heterocycles. The summed E-state index contributed by atoms with van der Waals surface area (Å²) >= 11 is 0. The Morgan fingerprint density at radius 2 is 1.75 bits per heavy atom. The molecule has 5 rings (SSSR count). The molecule has 2 aliphatic rings. The molecule has 7 heteroatoms. The second-order valence-corrected chi connectivity index (χ2v) is 7.47. The monoisotopic (exact) mass is 373 g/mol. The molecule has 0 spiro atoms. The minimum atomic E-state index is 0.703. The van der Waals surface area contributed by atoms with Gasteiger partial charge in [0.05, 0.1) is 11.3 Å². The Morgan fingerprint density at radius 3 is 2.54 bits per heavy atom. The summed E-state index contributed by atoms with van der Waals surface area (Å²) in [6.07, 6.45) is 12.5. The first kappa shape index (κ1) is 17.2. The molecule has 1 fully saturated rings. The fraction of sp³-hybridized carbons (Fsp3) is 0.381. The van der Waals surface area contributed by atoms with E-state index in [1.807, 2.05) is 12.4 Å². The van der Waals surface area contributed by atoms with Crippen molar-refractivity contribution < 1.29 is 0 Å². The molecule has 0 aromatic carbocycles. The molecule has 0 bridgehead atoms. The van der Waals surface area contributed by atoms with Crippen molar-refractivity contribution >= 4 is 5.82 Å². The molecule has 0 amide bonds. The first-order chi connectivity index (χ1) is 13.8. The van der Waals surface area contributed by atoms with E-state index in [-0.39, 0.29) is 0 Å². The summed E-state index contributed by atoms with van der Waals surface area (Å²) in [6, 6.07) is 4.38. The van der Waals surface area contributed by atoms with Crippen molar-refractivity contribution in [3.8, 4) is 11.4 Å². The Hall–Kier alpha value is -2.93. The van der Waals surface area contributed by atoms with Crippen LogP contribution in [0.1, 0.15) is 29.7 Å². The van der Waals surface area contributed by atoms with Crippen molar-refractivity contribution in [1.29, 1.82) is 0 Å². The van der Waals surface area contributed by atoms with Crippen molar-refractivity contribution in [2.75, 3.05) is 24.5 Å². The average molecular weight is 373 g/mol. The van der Waals surface area contributed by atoms with E-state index in [0.29, 0.717) is 5.82 Å². The molecule has 0 N–H and O–H groups in total. The summed E-state index contributed by atoms with van der Waals surface area (Å²) in [7, 11) is 0. The lowest BCUT2D eigenvalue weighted by atomic mass is 10.1. The van der Waals surface area contributed by atoms with E-state index in [4.69, 9.17) is 4.98 Å². The largest absolute Gasteiger partial charge is 0.357 e. The van der Waals surface area contributed by atoms with Gasteiger partial charge in [0, 0.05) is 69.5 Å². The fourth-order valence-corrected chi connectivity index (χ4v) is 3.96. The topological polar surface area (TPSA) is 70.9 Å². The molecule has 3 aromatic rings. The molecule has 28 heavy (non-hydrogen) atoms. The highest BCUT2D eigenvalue weighted by atomic mass is 15.2. The van der Waals surface area contributed by atoms with Crippen molar-refractivity contribution in [2.45, 2.75) is 32.4 Å². The van der Waals surface area contributed by atoms with Crippen LogP contribution >= 0.6 is 0 Å². The zero-order chi connectivity index (χ0) is 18.8. The van der Waals surface area contributed by atoms with Crippen molar-refractivity contribution in [2.24, 2.45) is 0 Å². The van der Waals surface area contributed by atoms with Crippen LogP contribution in [0, 0.1) is 0 Å². The SMILES string of the molecule is c1ncc(-c2ncc3c(n2)CCN(Cc2ccc(N4CCCC4)nc2)C3)cn1. The van der Waals surface area contributed by atoms with E-state index < -0.39 is 0 Å². The Balaban J connectivity index is 1.26. The minimum absolute atomic E-state index is 0.703. The number of nitrogens with zero attached hydrogens (tertiary/aromatic N) is 7. The van der Waals surface area contributed by atoms with Crippen LogP contribution in [-0.4, -0.2) is 49.5 Å². The van der Waals surface area contributed by atoms with Gasteiger partial charge < -0.3 is 4.90 Å². The van der Waals surface area contributed by atoms with Crippen LogP contribution in [0.3, 0.4) is 0 Å². The molecule has 0 atom stereocenters. The molecule has 5 heterocycles. The summed E-state index contributed by atoms with van der Waals surface area (Å²) in [5, 5.41) is 0. The van der Waals surface area contributed by atoms with Crippen LogP contribution < -0.4 is 4.90 Å². The summed E-state index contributed by atoms with van der Waals surface area (Å²) in [6.45, 7) is 5.02. The molecule has 0 unspecified atom stereocenters. The number of anilines is 1. The van der Waals surface area contributed by atoms with Crippen LogP contribution in [0.15, 0.2) is 43.2 Å². The lowest BCUT2D eigenvalue weighted by Gasteiger charge is -2.28. The average Bonchev–Trinajstić information content (AvgIpc) is 3.29. The first-order valence-electron chi connectivity index (χ1n) is 9.87. The van der Waals surface area contributed by atoms with Crippen molar-refractivity contribution in [1.82, 2.24) is 29.8 Å². The van der Waals surface area contributed by atoms with Crippen LogP contribution in [0.2, 0.25) is 0 Å². The zero-order valence-electron chi connectivity index (χ0n) is 15.8. The number of hydrogen-bond donors (Lipinski definition) is 0. The molecule has 2 aliphatic heterocycles. The highest BCUT2D eigenvalue weighted by Crippen LogP contribution is 2.22. The standard InChI is InChI=1S/C21H23N7/c1-2-7-28(6-1)20-4-3-16(9-24-20)13-27-8-5-19-18(14-27)12-25-21(26-19)17-10-22-15-23-11-17/h3-4,9-12,15H,1-2,5-8,13-14H2. The van der Waals surface area contributed by atoms with Gasteiger partial charge in [-0.1, -0.05) is 6.07 Å². The van der Waals surface area contributed by atoms with E-state index in [1.54, 1.807) is 12.4 Å². The smallest absolute Gasteiger partial charge is 0.162 e. The Kier molecular flexibility index (Phi) is 4.66. The van der Waals surface area contributed by atoms with Gasteiger partial charge in [-0.05, 0) is 24.5 Å². The molecule has 7 nitrogen and oxygen atoms in total. The second kappa shape index (κ2) is 7.59. The van der Waals surface area contributed by atoms with Gasteiger partial charge in [-0.15, -0.1) is 0 Å². The third-order valence-corrected chi connectivity index (χ3v) is 5.48. The number of pyridine rings is 1. The lowest BCUT2D eigenvalue weighted by Crippen LogP contribution is -2.31. The molecular formula is C21H23N7. The molecular weight excluding hydrogens is 350 g/mol. The Labute approximate surface area is 164 Å². The Morgan fingerprint density at radius 1 is 0.893 bits per heavy atom. The van der Waals surface area contributed by atoms with Crippen molar-refractivity contribution in [3.63, 3.8) is 0 Å². The maximum absolute atomic E-state index is 4.75. The van der Waals surface area contributed by atoms with Gasteiger partial charge in [0.15, 0.2) is 5.82 Å². The van der Waals surface area contributed by atoms with Gasteiger partial charge in [0.25, 0.3) is 0 Å². The van der Waals surface area contributed by atoms with Gasteiger partial charge in [0.1, 0.15) is 12.1 Å². The molecule has 0 aliphatic carbocycles. The predicted octanol–water partition coefficient (Wildman–Crippen LogP) is 2.49. The molecule has 142 valence electrons. The van der Waals surface area contributed by atoms with Crippen LogP contribution in [0.5, 0.6) is 0 Å². The Bertz CT molecular complexity index is 937. The number of aromatic nitrogens is 5. The quantitative estimate of drug-likeness (QED) is 0.696. The molecule has 1 saturated heterocycles. The lowest BCUT2D eigenvalue weighted by molar-refractivity contribution is 0.242. The minimum Gasteiger partial charge on any atom is -0.357 e. The first-order valence-corrected chi connectivity index (χ1v) is 9.87. The van der Waals surface area contributed by atoms with E-state index in [1.165, 1.54) is 30.3 Å². The second-order valence-electron chi connectivity index (χ2n) is 7.47. The third kappa shape index (κ3) is 3.57. The highest BCUT2D eigenvalue weighted by Gasteiger charge is 2.19. The number of rotatable bonds is 4. The molecule has 0 saturated carbocycles. The van der Waals surface area contributed by atoms with Gasteiger partial charge in [-0.25, -0.2) is 24.9 Å². The van der Waals surface area contributed by atoms with Gasteiger partial charge in [-0.2, -0.15) is 0 Å². The number of fused-ring (bicyclic) bond motifs is 1. The van der Waals surface area contributed by atoms with Gasteiger partial charge in [0.2, 0.25) is 0 Å². The van der Waals surface area contributed by atoms with Crippen LogP contribution in [0.4, 0.5) is 5.82 Å². The fourth-order valence-electron chi connectivity index (χ4n) is 3.96. The third-order valence-electron chi connectivity index (χ3n) is 5.48. The van der Waals surface area contributed by atoms with E-state index in [2.05, 4.69) is 41.9 Å². The van der Waals surface area contributed by atoms with Crippen LogP contribution in [-0.2, 0) is 19.5 Å². The highest BCUT2D eigenvalue weighted by molar-refractivity contribution is 5.52. The van der Waals surface area contributed by atoms with E-state index >= 15 is 0 Å².